The molecule has 35 heavy (non-hydrogen) atoms. The largest absolute Gasteiger partial charge is 0.456 e. The van der Waals surface area contributed by atoms with E-state index < -0.39 is 5.60 Å². The number of nitrogens with two attached hydrogens (primary N) is 1. The molecule has 0 amide bonds. The van der Waals surface area contributed by atoms with Crippen LogP contribution in [-0.4, -0.2) is 12.5 Å². The van der Waals surface area contributed by atoms with Crippen molar-refractivity contribution in [3.05, 3.63) is 112 Å². The Balaban J connectivity index is 1.60. The molecule has 6 rings (SSSR count). The van der Waals surface area contributed by atoms with Crippen molar-refractivity contribution in [1.82, 2.24) is 0 Å². The summed E-state index contributed by atoms with van der Waals surface area (Å²) in [5, 5.41) is 0. The van der Waals surface area contributed by atoms with Gasteiger partial charge in [0.1, 0.15) is 11.5 Å². The van der Waals surface area contributed by atoms with E-state index in [9.17, 15) is 4.79 Å². The third-order valence-corrected chi connectivity index (χ3v) is 7.22. The first-order valence-corrected chi connectivity index (χ1v) is 11.8. The van der Waals surface area contributed by atoms with Gasteiger partial charge in [-0.25, -0.2) is 4.79 Å². The topological polar surface area (TPSA) is 64.8 Å². The van der Waals surface area contributed by atoms with Crippen LogP contribution in [0.4, 0.5) is 17.1 Å². The number of hydrogen-bond acceptors (Lipinski definition) is 5. The molecular weight excluding hydrogens is 436 g/mol. The Morgan fingerprint density at radius 1 is 0.857 bits per heavy atom. The fourth-order valence-corrected chi connectivity index (χ4v) is 5.41. The second-order valence-electron chi connectivity index (χ2n) is 9.08. The SMILES string of the molecule is CCN(c1ccc2c(c1)C1(OC(=O)c3ccccc31)c1ccccc1O2)c1ccc(C)c(N)c1C. The van der Waals surface area contributed by atoms with Gasteiger partial charge >= 0.3 is 5.97 Å². The van der Waals surface area contributed by atoms with Gasteiger partial charge in [0.05, 0.1) is 5.56 Å². The average molecular weight is 463 g/mol. The second kappa shape index (κ2) is 7.64. The lowest BCUT2D eigenvalue weighted by Crippen LogP contribution is -2.33. The number of nitrogens with zero attached hydrogens (tertiary/aromatic N) is 1. The van der Waals surface area contributed by atoms with Gasteiger partial charge in [-0.2, -0.15) is 0 Å². The zero-order valence-corrected chi connectivity index (χ0v) is 20.0. The van der Waals surface area contributed by atoms with E-state index >= 15 is 0 Å². The lowest BCUT2D eigenvalue weighted by atomic mass is 9.77. The smallest absolute Gasteiger partial charge is 0.340 e. The summed E-state index contributed by atoms with van der Waals surface area (Å²) in [6, 6.07) is 25.6. The van der Waals surface area contributed by atoms with Gasteiger partial charge in [0.2, 0.25) is 0 Å². The molecule has 1 atom stereocenters. The Bertz CT molecular complexity index is 1510. The van der Waals surface area contributed by atoms with Gasteiger partial charge < -0.3 is 20.1 Å². The zero-order chi connectivity index (χ0) is 24.3. The Kier molecular flexibility index (Phi) is 4.65. The number of benzene rings is 4. The number of rotatable bonds is 3. The van der Waals surface area contributed by atoms with Crippen LogP contribution in [0.2, 0.25) is 0 Å². The quantitative estimate of drug-likeness (QED) is 0.274. The molecule has 4 aromatic carbocycles. The van der Waals surface area contributed by atoms with E-state index in [1.807, 2.05) is 67.6 Å². The van der Waals surface area contributed by atoms with Crippen LogP contribution in [0.5, 0.6) is 11.5 Å². The molecule has 0 saturated heterocycles. The number of fused-ring (bicyclic) bond motifs is 6. The van der Waals surface area contributed by atoms with Crippen molar-refractivity contribution in [2.75, 3.05) is 17.2 Å². The number of anilines is 3. The molecule has 0 saturated carbocycles. The minimum absolute atomic E-state index is 0.330. The maximum atomic E-state index is 13.1. The van der Waals surface area contributed by atoms with E-state index in [0.717, 1.165) is 51.4 Å². The highest BCUT2D eigenvalue weighted by atomic mass is 16.6. The van der Waals surface area contributed by atoms with Gasteiger partial charge in [-0.15, -0.1) is 0 Å². The Morgan fingerprint density at radius 3 is 2.37 bits per heavy atom. The van der Waals surface area contributed by atoms with E-state index in [1.165, 1.54) is 0 Å². The van der Waals surface area contributed by atoms with Crippen molar-refractivity contribution in [1.29, 1.82) is 0 Å². The summed E-state index contributed by atoms with van der Waals surface area (Å²) in [6.07, 6.45) is 0. The number of aryl methyl sites for hydroxylation is 1. The van der Waals surface area contributed by atoms with Gasteiger partial charge in [-0.3, -0.25) is 0 Å². The van der Waals surface area contributed by atoms with Gasteiger partial charge in [0.25, 0.3) is 0 Å². The number of carbonyl (C=O) groups excluding carboxylic acids is 1. The maximum absolute atomic E-state index is 13.1. The van der Waals surface area contributed by atoms with Crippen LogP contribution in [0.25, 0.3) is 0 Å². The second-order valence-corrected chi connectivity index (χ2v) is 9.08. The lowest BCUT2D eigenvalue weighted by molar-refractivity contribution is 0.0224. The van der Waals surface area contributed by atoms with Crippen molar-refractivity contribution >= 4 is 23.0 Å². The molecule has 1 unspecified atom stereocenters. The van der Waals surface area contributed by atoms with Crippen LogP contribution in [0, 0.1) is 13.8 Å². The van der Waals surface area contributed by atoms with Crippen molar-refractivity contribution in [3.63, 3.8) is 0 Å². The predicted octanol–water partition coefficient (Wildman–Crippen LogP) is 6.61. The number of esters is 1. The molecular formula is C30H26N2O3. The summed E-state index contributed by atoms with van der Waals surface area (Å²) in [5.41, 5.74) is 13.3. The third kappa shape index (κ3) is 2.91. The first-order valence-electron chi connectivity index (χ1n) is 11.8. The van der Waals surface area contributed by atoms with Crippen LogP contribution in [0.1, 0.15) is 45.1 Å². The van der Waals surface area contributed by atoms with Crippen LogP contribution >= 0.6 is 0 Å². The fourth-order valence-electron chi connectivity index (χ4n) is 5.41. The zero-order valence-electron chi connectivity index (χ0n) is 20.0. The van der Waals surface area contributed by atoms with Gasteiger partial charge in [0, 0.05) is 40.3 Å². The van der Waals surface area contributed by atoms with Gasteiger partial charge in [-0.1, -0.05) is 42.5 Å². The normalized spacial score (nSPS) is 17.3. The molecule has 0 bridgehead atoms. The molecule has 0 aliphatic carbocycles. The third-order valence-electron chi connectivity index (χ3n) is 7.22. The summed E-state index contributed by atoms with van der Waals surface area (Å²) in [5.74, 6) is 1.03. The summed E-state index contributed by atoms with van der Waals surface area (Å²) in [4.78, 5) is 15.3. The van der Waals surface area contributed by atoms with Gasteiger partial charge in [-0.05, 0) is 68.3 Å². The monoisotopic (exact) mass is 462 g/mol. The van der Waals surface area contributed by atoms with Crippen molar-refractivity contribution in [2.24, 2.45) is 0 Å². The summed E-state index contributed by atoms with van der Waals surface area (Å²) < 4.78 is 12.6. The summed E-state index contributed by atoms with van der Waals surface area (Å²) in [6.45, 7) is 6.92. The molecule has 5 nitrogen and oxygen atoms in total. The van der Waals surface area contributed by atoms with E-state index in [4.69, 9.17) is 15.2 Å². The Morgan fingerprint density at radius 2 is 1.57 bits per heavy atom. The van der Waals surface area contributed by atoms with E-state index in [1.54, 1.807) is 0 Å². The van der Waals surface area contributed by atoms with Crippen LogP contribution in [0.15, 0.2) is 78.9 Å². The standard InChI is InChI=1S/C30H26N2O3/c1-4-32(25-15-13-18(2)28(31)19(25)3)20-14-16-27-24(17-20)30(23-11-7-8-12-26(23)34-27)22-10-6-5-9-21(22)29(33)35-30/h5-17H,4,31H2,1-3H3. The molecule has 2 heterocycles. The Hall–Kier alpha value is -4.25. The molecule has 4 aromatic rings. The Labute approximate surface area is 204 Å². The van der Waals surface area contributed by atoms with Crippen LogP contribution in [-0.2, 0) is 10.3 Å². The summed E-state index contributed by atoms with van der Waals surface area (Å²) in [7, 11) is 0. The van der Waals surface area contributed by atoms with Crippen molar-refractivity contribution in [2.45, 2.75) is 26.4 Å². The number of carbonyl (C=O) groups is 1. The molecule has 174 valence electrons. The fraction of sp³-hybridized carbons (Fsp3) is 0.167. The van der Waals surface area contributed by atoms with Crippen LogP contribution in [0.3, 0.4) is 0 Å². The molecule has 5 heteroatoms. The van der Waals surface area contributed by atoms with Crippen LogP contribution < -0.4 is 15.4 Å². The molecule has 0 fully saturated rings. The first kappa shape index (κ1) is 21.3. The highest BCUT2D eigenvalue weighted by Crippen LogP contribution is 2.56. The van der Waals surface area contributed by atoms with Crippen molar-refractivity contribution in [3.8, 4) is 11.5 Å². The minimum Gasteiger partial charge on any atom is -0.456 e. The molecule has 2 N–H and O–H groups in total. The van der Waals surface area contributed by atoms with Crippen molar-refractivity contribution < 1.29 is 14.3 Å². The maximum Gasteiger partial charge on any atom is 0.340 e. The van der Waals surface area contributed by atoms with E-state index in [-0.39, 0.29) is 5.97 Å². The van der Waals surface area contributed by atoms with Gasteiger partial charge in [0.15, 0.2) is 5.60 Å². The average Bonchev–Trinajstić information content (AvgIpc) is 3.18. The first-order chi connectivity index (χ1) is 17.0. The number of hydrogen-bond donors (Lipinski definition) is 1. The predicted molar refractivity (Wildman–Crippen MR) is 138 cm³/mol. The van der Waals surface area contributed by atoms with E-state index in [2.05, 4.69) is 36.9 Å². The summed E-state index contributed by atoms with van der Waals surface area (Å²) >= 11 is 0. The molecule has 1 spiro atoms. The molecule has 0 aromatic heterocycles. The number of ether oxygens (including phenoxy) is 2. The molecule has 2 aliphatic heterocycles. The lowest BCUT2D eigenvalue weighted by Gasteiger charge is -2.37. The molecule has 2 aliphatic rings. The minimum atomic E-state index is -1.07. The number of para-hydroxylation sites is 1. The highest BCUT2D eigenvalue weighted by Gasteiger charge is 2.53. The van der Waals surface area contributed by atoms with E-state index in [0.29, 0.717) is 17.1 Å². The number of nitrogen functional groups attached to an aromatic ring is 1. The molecule has 0 radical (unpaired) electrons. The highest BCUT2D eigenvalue weighted by molar-refractivity contribution is 5.97.